The SMILES string of the molecule is O=C1NC(=O)/C(=C\c2ccc(-c3cc(OCc4ccccc4)c4ocnc4c3)nc2)S1. The van der Waals surface area contributed by atoms with Crippen LogP contribution in [0.2, 0.25) is 0 Å². The molecule has 2 aromatic carbocycles. The van der Waals surface area contributed by atoms with Gasteiger partial charge in [0.25, 0.3) is 11.1 Å². The summed E-state index contributed by atoms with van der Waals surface area (Å²) in [6, 6.07) is 17.3. The summed E-state index contributed by atoms with van der Waals surface area (Å²) in [7, 11) is 0. The van der Waals surface area contributed by atoms with E-state index in [9.17, 15) is 9.59 Å². The maximum atomic E-state index is 11.7. The Labute approximate surface area is 181 Å². The fraction of sp³-hybridized carbons (Fsp3) is 0.0435. The molecule has 0 spiro atoms. The van der Waals surface area contributed by atoms with Gasteiger partial charge in [-0.25, -0.2) is 4.98 Å². The van der Waals surface area contributed by atoms with Crippen LogP contribution in [0.25, 0.3) is 28.4 Å². The number of carbonyl (C=O) groups is 2. The molecule has 1 N–H and O–H groups in total. The van der Waals surface area contributed by atoms with Crippen LogP contribution in [0.4, 0.5) is 4.79 Å². The molecule has 0 atom stereocenters. The maximum Gasteiger partial charge on any atom is 0.290 e. The number of ether oxygens (including phenoxy) is 1. The average molecular weight is 429 g/mol. The van der Waals surface area contributed by atoms with Crippen LogP contribution in [0, 0.1) is 0 Å². The number of nitrogens with zero attached hydrogens (tertiary/aromatic N) is 2. The Morgan fingerprint density at radius 3 is 2.68 bits per heavy atom. The van der Waals surface area contributed by atoms with Gasteiger partial charge in [-0.1, -0.05) is 36.4 Å². The lowest BCUT2D eigenvalue weighted by molar-refractivity contribution is -0.115. The number of carbonyl (C=O) groups excluding carboxylic acids is 2. The van der Waals surface area contributed by atoms with Crippen molar-refractivity contribution in [1.29, 1.82) is 0 Å². The van der Waals surface area contributed by atoms with E-state index in [4.69, 9.17) is 9.15 Å². The molecule has 0 saturated carbocycles. The van der Waals surface area contributed by atoms with E-state index < -0.39 is 5.91 Å². The maximum absolute atomic E-state index is 11.7. The van der Waals surface area contributed by atoms with Gasteiger partial charge in [0.15, 0.2) is 17.7 Å². The normalized spacial score (nSPS) is 14.9. The summed E-state index contributed by atoms with van der Waals surface area (Å²) in [5.74, 6) is 0.190. The van der Waals surface area contributed by atoms with Gasteiger partial charge in [0, 0.05) is 11.8 Å². The molecule has 1 aliphatic rings. The third-order valence-electron chi connectivity index (χ3n) is 4.66. The topological polar surface area (TPSA) is 94.3 Å². The molecule has 1 saturated heterocycles. The molecule has 8 heteroatoms. The van der Waals surface area contributed by atoms with Gasteiger partial charge < -0.3 is 9.15 Å². The fourth-order valence-corrected chi connectivity index (χ4v) is 3.84. The number of fused-ring (bicyclic) bond motifs is 1. The average Bonchev–Trinajstić information content (AvgIpc) is 3.39. The molecule has 3 heterocycles. The predicted molar refractivity (Wildman–Crippen MR) is 117 cm³/mol. The molecule has 0 unspecified atom stereocenters. The second-order valence-electron chi connectivity index (χ2n) is 6.78. The number of hydrogen-bond acceptors (Lipinski definition) is 7. The molecule has 2 amide bonds. The van der Waals surface area contributed by atoms with Gasteiger partial charge in [0.1, 0.15) is 12.1 Å². The number of benzene rings is 2. The number of hydrogen-bond donors (Lipinski definition) is 1. The lowest BCUT2D eigenvalue weighted by atomic mass is 10.1. The molecular weight excluding hydrogens is 414 g/mol. The first-order valence-corrected chi connectivity index (χ1v) is 10.2. The number of nitrogens with one attached hydrogen (secondary N) is 1. The van der Waals surface area contributed by atoms with E-state index >= 15 is 0 Å². The van der Waals surface area contributed by atoms with E-state index in [1.165, 1.54) is 6.39 Å². The fourth-order valence-electron chi connectivity index (χ4n) is 3.16. The molecule has 31 heavy (non-hydrogen) atoms. The number of aromatic nitrogens is 2. The first-order chi connectivity index (χ1) is 15.2. The smallest absolute Gasteiger partial charge is 0.290 e. The number of oxazole rings is 1. The Balaban J connectivity index is 1.43. The molecular formula is C23H15N3O4S. The van der Waals surface area contributed by atoms with Crippen LogP contribution in [0.5, 0.6) is 5.75 Å². The van der Waals surface area contributed by atoms with E-state index in [2.05, 4.69) is 15.3 Å². The second kappa shape index (κ2) is 8.08. The molecule has 0 radical (unpaired) electrons. The minimum absolute atomic E-state index is 0.347. The quantitative estimate of drug-likeness (QED) is 0.456. The Kier molecular flexibility index (Phi) is 4.97. The molecule has 7 nitrogen and oxygen atoms in total. The predicted octanol–water partition coefficient (Wildman–Crippen LogP) is 4.79. The summed E-state index contributed by atoms with van der Waals surface area (Å²) in [4.78, 5) is 32.1. The van der Waals surface area contributed by atoms with Crippen LogP contribution < -0.4 is 10.1 Å². The van der Waals surface area contributed by atoms with E-state index in [0.717, 1.165) is 34.1 Å². The Morgan fingerprint density at radius 2 is 1.94 bits per heavy atom. The molecule has 1 aliphatic heterocycles. The number of thioether (sulfide) groups is 1. The molecule has 1 fully saturated rings. The third-order valence-corrected chi connectivity index (χ3v) is 5.47. The highest BCUT2D eigenvalue weighted by molar-refractivity contribution is 8.18. The first-order valence-electron chi connectivity index (χ1n) is 9.41. The van der Waals surface area contributed by atoms with Crippen molar-refractivity contribution in [1.82, 2.24) is 15.3 Å². The summed E-state index contributed by atoms with van der Waals surface area (Å²) >= 11 is 0.876. The largest absolute Gasteiger partial charge is 0.485 e. The van der Waals surface area contributed by atoms with Crippen molar-refractivity contribution in [3.63, 3.8) is 0 Å². The first kappa shape index (κ1) is 19.1. The highest BCUT2D eigenvalue weighted by Crippen LogP contribution is 2.32. The third kappa shape index (κ3) is 4.06. The molecule has 0 aliphatic carbocycles. The zero-order valence-corrected chi connectivity index (χ0v) is 16.9. The lowest BCUT2D eigenvalue weighted by Crippen LogP contribution is -2.17. The highest BCUT2D eigenvalue weighted by Gasteiger charge is 2.24. The monoisotopic (exact) mass is 429 g/mol. The summed E-state index contributed by atoms with van der Waals surface area (Å²) < 4.78 is 11.5. The van der Waals surface area contributed by atoms with Gasteiger partial charge in [-0.3, -0.25) is 19.9 Å². The molecule has 0 bridgehead atoms. The molecule has 5 rings (SSSR count). The standard InChI is InChI=1S/C23H15N3O4S/c27-22-20(31-23(28)26-22)8-15-6-7-17(24-11-15)16-9-18-21(30-13-25-18)19(10-16)29-12-14-4-2-1-3-5-14/h1-11,13H,12H2,(H,26,27,28)/b20-8+. The van der Waals surface area contributed by atoms with Gasteiger partial charge in [-0.15, -0.1) is 0 Å². The lowest BCUT2D eigenvalue weighted by Gasteiger charge is -2.09. The van der Waals surface area contributed by atoms with Crippen LogP contribution in [0.3, 0.4) is 0 Å². The highest BCUT2D eigenvalue weighted by atomic mass is 32.2. The van der Waals surface area contributed by atoms with Crippen molar-refractivity contribution >= 4 is 40.1 Å². The second-order valence-corrected chi connectivity index (χ2v) is 7.79. The van der Waals surface area contributed by atoms with Crippen LogP contribution in [-0.2, 0) is 11.4 Å². The van der Waals surface area contributed by atoms with Crippen molar-refractivity contribution in [3.8, 4) is 17.0 Å². The van der Waals surface area contributed by atoms with E-state index in [1.807, 2.05) is 54.6 Å². The van der Waals surface area contributed by atoms with E-state index in [-0.39, 0.29) is 5.24 Å². The Hall–Kier alpha value is -3.91. The number of imide groups is 1. The van der Waals surface area contributed by atoms with E-state index in [1.54, 1.807) is 12.3 Å². The van der Waals surface area contributed by atoms with Crippen LogP contribution in [-0.4, -0.2) is 21.1 Å². The number of pyridine rings is 1. The van der Waals surface area contributed by atoms with Gasteiger partial charge >= 0.3 is 0 Å². The van der Waals surface area contributed by atoms with Crippen molar-refractivity contribution in [2.24, 2.45) is 0 Å². The van der Waals surface area contributed by atoms with Gasteiger partial charge in [0.05, 0.1) is 10.6 Å². The number of rotatable bonds is 5. The summed E-state index contributed by atoms with van der Waals surface area (Å²) in [5.41, 5.74) is 4.56. The minimum Gasteiger partial charge on any atom is -0.485 e. The summed E-state index contributed by atoms with van der Waals surface area (Å²) in [6.07, 6.45) is 4.67. The van der Waals surface area contributed by atoms with E-state index in [0.29, 0.717) is 28.4 Å². The Morgan fingerprint density at radius 1 is 1.06 bits per heavy atom. The Bertz CT molecular complexity index is 1310. The van der Waals surface area contributed by atoms with Crippen molar-refractivity contribution < 1.29 is 18.7 Å². The van der Waals surface area contributed by atoms with Crippen LogP contribution >= 0.6 is 11.8 Å². The van der Waals surface area contributed by atoms with Gasteiger partial charge in [-0.05, 0) is 47.2 Å². The zero-order chi connectivity index (χ0) is 21.2. The van der Waals surface area contributed by atoms with Crippen molar-refractivity contribution in [2.45, 2.75) is 6.61 Å². The van der Waals surface area contributed by atoms with Gasteiger partial charge in [-0.2, -0.15) is 0 Å². The minimum atomic E-state index is -0.393. The van der Waals surface area contributed by atoms with Crippen molar-refractivity contribution in [2.75, 3.05) is 0 Å². The van der Waals surface area contributed by atoms with Crippen LogP contribution in [0.15, 0.2) is 76.5 Å². The molecule has 152 valence electrons. The summed E-state index contributed by atoms with van der Waals surface area (Å²) in [6.45, 7) is 0.401. The van der Waals surface area contributed by atoms with Crippen LogP contribution in [0.1, 0.15) is 11.1 Å². The zero-order valence-electron chi connectivity index (χ0n) is 16.1. The van der Waals surface area contributed by atoms with Crippen molar-refractivity contribution in [3.05, 3.63) is 83.2 Å². The summed E-state index contributed by atoms with van der Waals surface area (Å²) in [5, 5.41) is 1.86. The molecule has 2 aromatic heterocycles. The number of amides is 2. The molecule has 4 aromatic rings. The van der Waals surface area contributed by atoms with Gasteiger partial charge in [0.2, 0.25) is 0 Å².